The molecule has 2 amide bonds. The summed E-state index contributed by atoms with van der Waals surface area (Å²) in [4.78, 5) is 24.3. The number of morpholine rings is 1. The Kier molecular flexibility index (Phi) is 6.03. The van der Waals surface area contributed by atoms with Crippen LogP contribution in [0, 0.1) is 0 Å². The van der Waals surface area contributed by atoms with E-state index in [1.54, 1.807) is 16.0 Å². The van der Waals surface area contributed by atoms with Crippen molar-refractivity contribution in [2.75, 3.05) is 39.4 Å². The lowest BCUT2D eigenvalue weighted by Crippen LogP contribution is -2.52. The third kappa shape index (κ3) is 4.65. The molecule has 2 atom stereocenters. The van der Waals surface area contributed by atoms with Gasteiger partial charge in [-0.3, -0.25) is 0 Å². The number of piperidine rings is 1. The minimum Gasteiger partial charge on any atom is -0.378 e. The third-order valence-corrected chi connectivity index (χ3v) is 6.35. The number of hydrogen-bond donors (Lipinski definition) is 1. The number of benzene rings is 1. The fraction of sp³-hybridized carbons (Fsp3) is 0.435. The largest absolute Gasteiger partial charge is 0.416 e. The van der Waals surface area contributed by atoms with Crippen molar-refractivity contribution in [1.82, 2.24) is 24.9 Å². The number of alkyl halides is 3. The second-order valence-corrected chi connectivity index (χ2v) is 8.58. The molecule has 4 heterocycles. The summed E-state index contributed by atoms with van der Waals surface area (Å²) in [6, 6.07) is 8.69. The molecular weight excluding hydrogens is 451 g/mol. The number of nitrogens with one attached hydrogen (secondary N) is 1. The molecule has 2 aliphatic heterocycles. The van der Waals surface area contributed by atoms with E-state index in [1.165, 1.54) is 12.1 Å². The van der Waals surface area contributed by atoms with Crippen LogP contribution in [0.25, 0.3) is 11.6 Å². The molecule has 2 aromatic heterocycles. The summed E-state index contributed by atoms with van der Waals surface area (Å²) < 4.78 is 49.9. The fourth-order valence-corrected chi connectivity index (χ4v) is 4.56. The van der Waals surface area contributed by atoms with Crippen LogP contribution < -0.4 is 0 Å². The van der Waals surface area contributed by atoms with Gasteiger partial charge in [0.1, 0.15) is 5.69 Å². The average molecular weight is 475 g/mol. The van der Waals surface area contributed by atoms with Gasteiger partial charge in [-0.2, -0.15) is 18.2 Å². The molecular formula is C23H24F3N5O3. The topological polar surface area (TPSA) is 87.5 Å². The Balaban J connectivity index is 1.41. The van der Waals surface area contributed by atoms with Crippen molar-refractivity contribution in [2.24, 2.45) is 0 Å². The number of aromatic amines is 1. The zero-order chi connectivity index (χ0) is 23.7. The Morgan fingerprint density at radius 3 is 2.44 bits per heavy atom. The SMILES string of the molecule is O=C(N1CCOCC1)N1CC(c2ccc(C(F)(F)F)cc2)CC(c2noc(-c3ccc[nH]3)n2)C1. The first kappa shape index (κ1) is 22.5. The van der Waals surface area contributed by atoms with E-state index in [-0.39, 0.29) is 17.9 Å². The van der Waals surface area contributed by atoms with Crippen molar-refractivity contribution in [1.29, 1.82) is 0 Å². The van der Waals surface area contributed by atoms with Crippen LogP contribution in [-0.4, -0.2) is 70.3 Å². The normalized spacial score (nSPS) is 21.6. The van der Waals surface area contributed by atoms with Crippen molar-refractivity contribution in [2.45, 2.75) is 24.4 Å². The molecule has 0 spiro atoms. The molecule has 2 unspecified atom stereocenters. The van der Waals surface area contributed by atoms with Crippen LogP contribution in [0.1, 0.15) is 35.2 Å². The van der Waals surface area contributed by atoms with E-state index in [0.717, 1.165) is 17.7 Å². The van der Waals surface area contributed by atoms with Gasteiger partial charge in [-0.1, -0.05) is 17.3 Å². The van der Waals surface area contributed by atoms with Crippen molar-refractivity contribution in [3.05, 3.63) is 59.5 Å². The average Bonchev–Trinajstić information content (AvgIpc) is 3.56. The first-order chi connectivity index (χ1) is 16.4. The van der Waals surface area contributed by atoms with Crippen molar-refractivity contribution in [3.63, 3.8) is 0 Å². The minimum atomic E-state index is -4.40. The molecule has 5 rings (SSSR count). The number of carbonyl (C=O) groups is 1. The van der Waals surface area contributed by atoms with Crippen LogP contribution in [-0.2, 0) is 10.9 Å². The third-order valence-electron chi connectivity index (χ3n) is 6.35. The molecule has 1 N–H and O–H groups in total. The molecule has 0 radical (unpaired) electrons. The van der Waals surface area contributed by atoms with Gasteiger partial charge in [0.05, 0.1) is 18.8 Å². The molecule has 2 fully saturated rings. The van der Waals surface area contributed by atoms with Crippen LogP contribution in [0.5, 0.6) is 0 Å². The second kappa shape index (κ2) is 9.13. The summed E-state index contributed by atoms with van der Waals surface area (Å²) in [5, 5.41) is 4.15. The van der Waals surface area contributed by atoms with Gasteiger partial charge in [0.15, 0.2) is 5.82 Å². The van der Waals surface area contributed by atoms with Crippen LogP contribution >= 0.6 is 0 Å². The maximum atomic E-state index is 13.3. The highest BCUT2D eigenvalue weighted by Crippen LogP contribution is 2.37. The van der Waals surface area contributed by atoms with E-state index in [9.17, 15) is 18.0 Å². The van der Waals surface area contributed by atoms with E-state index in [4.69, 9.17) is 9.26 Å². The molecule has 0 aliphatic carbocycles. The quantitative estimate of drug-likeness (QED) is 0.616. The number of H-pyrrole nitrogens is 1. The van der Waals surface area contributed by atoms with Crippen molar-refractivity contribution < 1.29 is 27.2 Å². The van der Waals surface area contributed by atoms with Crippen molar-refractivity contribution in [3.8, 4) is 11.6 Å². The number of halogens is 3. The predicted molar refractivity (Wildman–Crippen MR) is 115 cm³/mol. The van der Waals surface area contributed by atoms with E-state index < -0.39 is 11.7 Å². The Bertz CT molecular complexity index is 1110. The van der Waals surface area contributed by atoms with E-state index in [1.807, 2.05) is 12.1 Å². The Hall–Kier alpha value is -3.34. The number of carbonyl (C=O) groups excluding carboxylic acids is 1. The van der Waals surface area contributed by atoms with Crippen molar-refractivity contribution >= 4 is 6.03 Å². The van der Waals surface area contributed by atoms with E-state index in [2.05, 4.69) is 15.1 Å². The van der Waals surface area contributed by atoms with Gasteiger partial charge in [-0.15, -0.1) is 0 Å². The first-order valence-electron chi connectivity index (χ1n) is 11.1. The highest BCUT2D eigenvalue weighted by molar-refractivity contribution is 5.75. The summed E-state index contributed by atoms with van der Waals surface area (Å²) in [5.74, 6) is 0.431. The van der Waals surface area contributed by atoms with Gasteiger partial charge in [-0.05, 0) is 36.2 Å². The van der Waals surface area contributed by atoms with Crippen LogP contribution in [0.3, 0.4) is 0 Å². The Morgan fingerprint density at radius 2 is 1.76 bits per heavy atom. The Morgan fingerprint density at radius 1 is 1.03 bits per heavy atom. The van der Waals surface area contributed by atoms with Gasteiger partial charge in [0.25, 0.3) is 5.89 Å². The van der Waals surface area contributed by atoms with E-state index >= 15 is 0 Å². The standard InChI is InChI=1S/C23H24F3N5O3/c24-23(25,26)18-5-3-15(4-6-18)16-12-17(20-28-21(34-29-20)19-2-1-7-27-19)14-31(13-16)22(32)30-8-10-33-11-9-30/h1-7,16-17,27H,8-14H2. The molecule has 34 heavy (non-hydrogen) atoms. The van der Waals surface area contributed by atoms with Gasteiger partial charge in [0.2, 0.25) is 0 Å². The molecule has 11 heteroatoms. The maximum Gasteiger partial charge on any atom is 0.416 e. The zero-order valence-corrected chi connectivity index (χ0v) is 18.3. The second-order valence-electron chi connectivity index (χ2n) is 8.58. The molecule has 2 saturated heterocycles. The number of hydrogen-bond acceptors (Lipinski definition) is 5. The summed E-state index contributed by atoms with van der Waals surface area (Å²) in [6.07, 6.45) is -2.06. The minimum absolute atomic E-state index is 0.113. The molecule has 0 bridgehead atoms. The highest BCUT2D eigenvalue weighted by atomic mass is 19.4. The van der Waals surface area contributed by atoms with Crippen LogP contribution in [0.2, 0.25) is 0 Å². The number of likely N-dealkylation sites (tertiary alicyclic amines) is 1. The van der Waals surface area contributed by atoms with Gasteiger partial charge >= 0.3 is 12.2 Å². The lowest BCUT2D eigenvalue weighted by atomic mass is 9.84. The summed E-state index contributed by atoms with van der Waals surface area (Å²) in [5.41, 5.74) is 0.735. The van der Waals surface area contributed by atoms with Gasteiger partial charge in [0, 0.05) is 44.2 Å². The zero-order valence-electron chi connectivity index (χ0n) is 18.3. The van der Waals surface area contributed by atoms with Gasteiger partial charge < -0.3 is 24.0 Å². The number of rotatable bonds is 3. The lowest BCUT2D eigenvalue weighted by Gasteiger charge is -2.40. The molecule has 0 saturated carbocycles. The summed E-state index contributed by atoms with van der Waals surface area (Å²) in [7, 11) is 0. The number of nitrogens with zero attached hydrogens (tertiary/aromatic N) is 4. The number of urea groups is 1. The fourth-order valence-electron chi connectivity index (χ4n) is 4.56. The first-order valence-corrected chi connectivity index (χ1v) is 11.1. The number of amides is 2. The van der Waals surface area contributed by atoms with Crippen LogP contribution in [0.4, 0.5) is 18.0 Å². The lowest BCUT2D eigenvalue weighted by molar-refractivity contribution is -0.137. The predicted octanol–water partition coefficient (Wildman–Crippen LogP) is 4.11. The summed E-state index contributed by atoms with van der Waals surface area (Å²) in [6.45, 7) is 2.77. The number of aromatic nitrogens is 3. The smallest absolute Gasteiger partial charge is 0.378 e. The number of ether oxygens (including phenoxy) is 1. The monoisotopic (exact) mass is 475 g/mol. The Labute approximate surface area is 193 Å². The van der Waals surface area contributed by atoms with Crippen LogP contribution in [0.15, 0.2) is 47.1 Å². The molecule has 180 valence electrons. The van der Waals surface area contributed by atoms with Gasteiger partial charge in [-0.25, -0.2) is 4.79 Å². The molecule has 3 aromatic rings. The molecule has 8 nitrogen and oxygen atoms in total. The highest BCUT2D eigenvalue weighted by Gasteiger charge is 2.37. The summed E-state index contributed by atoms with van der Waals surface area (Å²) >= 11 is 0. The molecule has 1 aromatic carbocycles. The van der Waals surface area contributed by atoms with E-state index in [0.29, 0.717) is 63.2 Å². The molecule has 2 aliphatic rings. The maximum absolute atomic E-state index is 13.3.